The summed E-state index contributed by atoms with van der Waals surface area (Å²) in [6, 6.07) is 2.81. The zero-order valence-electron chi connectivity index (χ0n) is 14.0. The number of hydrogen-bond acceptors (Lipinski definition) is 7. The first-order chi connectivity index (χ1) is 12.7. The Morgan fingerprint density at radius 3 is 2.67 bits per heavy atom. The van der Waals surface area contributed by atoms with Crippen LogP contribution in [-0.4, -0.2) is 25.6 Å². The highest BCUT2D eigenvalue weighted by Gasteiger charge is 2.51. The van der Waals surface area contributed by atoms with Gasteiger partial charge in [0, 0.05) is 18.9 Å². The third kappa shape index (κ3) is 3.03. The van der Waals surface area contributed by atoms with Gasteiger partial charge in [-0.05, 0) is 18.9 Å². The minimum Gasteiger partial charge on any atom is -0.384 e. The molecule has 27 heavy (non-hydrogen) atoms. The van der Waals surface area contributed by atoms with Crippen LogP contribution < -0.4 is 21.9 Å². The number of halogens is 3. The van der Waals surface area contributed by atoms with Crippen LogP contribution >= 0.6 is 11.6 Å². The van der Waals surface area contributed by atoms with E-state index in [9.17, 15) is 18.7 Å². The summed E-state index contributed by atoms with van der Waals surface area (Å²) in [5.74, 6) is -2.29. The molecule has 1 fully saturated rings. The number of fused-ring (bicyclic) bond motifs is 2. The average Bonchev–Trinajstić information content (AvgIpc) is 2.89. The van der Waals surface area contributed by atoms with Crippen molar-refractivity contribution in [1.82, 2.24) is 19.9 Å². The molecule has 144 valence electrons. The lowest BCUT2D eigenvalue weighted by Gasteiger charge is -2.38. The number of hydrogen-bond donors (Lipinski definition) is 4. The molecule has 1 saturated carbocycles. The highest BCUT2D eigenvalue weighted by Crippen LogP contribution is 2.46. The van der Waals surface area contributed by atoms with Gasteiger partial charge in [-0.3, -0.25) is 14.7 Å². The Morgan fingerprint density at radius 1 is 1.30 bits per heavy atom. The Balaban J connectivity index is 1.79. The maximum atomic E-state index is 13.7. The molecule has 1 spiro atoms. The fraction of sp³-hybridized carbons (Fsp3) is 0.438. The predicted molar refractivity (Wildman–Crippen MR) is 94.9 cm³/mol. The van der Waals surface area contributed by atoms with Gasteiger partial charge in [0.2, 0.25) is 5.92 Å². The molecule has 1 aliphatic carbocycles. The number of nitrogen functional groups attached to an aromatic ring is 1. The van der Waals surface area contributed by atoms with Crippen LogP contribution in [0.3, 0.4) is 0 Å². The number of pyridine rings is 1. The van der Waals surface area contributed by atoms with Gasteiger partial charge >= 0.3 is 0 Å². The Hall–Kier alpha value is -2.30. The van der Waals surface area contributed by atoms with Crippen molar-refractivity contribution in [3.63, 3.8) is 0 Å². The zero-order chi connectivity index (χ0) is 19.4. The smallest absolute Gasteiger partial charge is 0.276 e. The summed E-state index contributed by atoms with van der Waals surface area (Å²) in [7, 11) is 0. The molecule has 0 saturated heterocycles. The summed E-state index contributed by atoms with van der Waals surface area (Å²) in [5.41, 5.74) is 4.26. The second-order valence-electron chi connectivity index (χ2n) is 6.82. The van der Waals surface area contributed by atoms with E-state index in [1.54, 1.807) is 0 Å². The number of alkyl halides is 2. The van der Waals surface area contributed by atoms with E-state index in [2.05, 4.69) is 20.6 Å². The fourth-order valence-electron chi connectivity index (χ4n) is 3.73. The largest absolute Gasteiger partial charge is 0.384 e. The summed E-state index contributed by atoms with van der Waals surface area (Å²) >= 11 is 6.29. The molecule has 2 aliphatic rings. The van der Waals surface area contributed by atoms with E-state index < -0.39 is 36.2 Å². The van der Waals surface area contributed by atoms with Crippen LogP contribution in [0.1, 0.15) is 37.6 Å². The van der Waals surface area contributed by atoms with E-state index in [0.717, 1.165) is 0 Å². The number of aliphatic hydroxyl groups is 1. The summed E-state index contributed by atoms with van der Waals surface area (Å²) in [6.45, 7) is 0. The van der Waals surface area contributed by atoms with Gasteiger partial charge in [0.25, 0.3) is 5.56 Å². The van der Waals surface area contributed by atoms with Crippen molar-refractivity contribution in [2.24, 2.45) is 0 Å². The van der Waals surface area contributed by atoms with E-state index in [0.29, 0.717) is 0 Å². The van der Waals surface area contributed by atoms with Crippen LogP contribution in [0.15, 0.2) is 23.3 Å². The normalized spacial score (nSPS) is 22.6. The molecule has 1 unspecified atom stereocenters. The minimum atomic E-state index is -2.79. The standard InChI is InChI=1S/C16H17ClF2N6O2/c17-8-5-9(23-11-6-10(20)21-7-22-11)14(27)25-12(8)13(26)24-16(25)3-1-15(18,19)2-4-16/h5-7,13,24,26H,1-4H2,(H3,20,21,22,23). The van der Waals surface area contributed by atoms with Gasteiger partial charge in [-0.15, -0.1) is 0 Å². The molecular weight excluding hydrogens is 382 g/mol. The molecule has 5 N–H and O–H groups in total. The zero-order valence-corrected chi connectivity index (χ0v) is 14.8. The van der Waals surface area contributed by atoms with E-state index in [4.69, 9.17) is 17.3 Å². The lowest BCUT2D eigenvalue weighted by atomic mass is 9.86. The maximum absolute atomic E-state index is 13.7. The van der Waals surface area contributed by atoms with Crippen LogP contribution in [0, 0.1) is 0 Å². The van der Waals surface area contributed by atoms with Crippen molar-refractivity contribution < 1.29 is 13.9 Å². The Labute approximate surface area is 157 Å². The van der Waals surface area contributed by atoms with Crippen molar-refractivity contribution in [2.45, 2.75) is 43.5 Å². The molecule has 8 nitrogen and oxygen atoms in total. The van der Waals surface area contributed by atoms with Gasteiger partial charge in [0.15, 0.2) is 0 Å². The molecule has 0 bridgehead atoms. The van der Waals surface area contributed by atoms with Gasteiger partial charge in [-0.25, -0.2) is 18.7 Å². The van der Waals surface area contributed by atoms with Gasteiger partial charge in [-0.2, -0.15) is 0 Å². The Bertz CT molecular complexity index is 956. The van der Waals surface area contributed by atoms with Crippen molar-refractivity contribution in [3.8, 4) is 0 Å². The third-order valence-corrected chi connectivity index (χ3v) is 5.34. The number of nitrogens with one attached hydrogen (secondary N) is 2. The second-order valence-corrected chi connectivity index (χ2v) is 7.23. The molecule has 2 aromatic rings. The van der Waals surface area contributed by atoms with Gasteiger partial charge in [0.05, 0.1) is 10.7 Å². The molecule has 0 amide bonds. The molecule has 0 radical (unpaired) electrons. The molecule has 4 rings (SSSR count). The topological polar surface area (TPSA) is 118 Å². The first-order valence-electron chi connectivity index (χ1n) is 8.35. The first kappa shape index (κ1) is 18.1. The number of aromatic nitrogens is 3. The van der Waals surface area contributed by atoms with Crippen LogP contribution in [0.25, 0.3) is 0 Å². The van der Waals surface area contributed by atoms with Crippen molar-refractivity contribution >= 4 is 28.9 Å². The van der Waals surface area contributed by atoms with Gasteiger partial charge in [-0.1, -0.05) is 11.6 Å². The van der Waals surface area contributed by atoms with E-state index in [-0.39, 0.29) is 40.9 Å². The number of rotatable bonds is 2. The Kier molecular flexibility index (Phi) is 4.09. The third-order valence-electron chi connectivity index (χ3n) is 5.04. The maximum Gasteiger partial charge on any atom is 0.276 e. The number of aliphatic hydroxyl groups excluding tert-OH is 1. The Morgan fingerprint density at radius 2 is 2.00 bits per heavy atom. The fourth-order valence-corrected chi connectivity index (χ4v) is 4.03. The van der Waals surface area contributed by atoms with Crippen LogP contribution in [-0.2, 0) is 5.66 Å². The SMILES string of the molecule is Nc1cc(Nc2cc(Cl)c3n(c2=O)C2(CCC(F)(F)CC2)NC3O)ncn1. The van der Waals surface area contributed by atoms with E-state index in [1.807, 2.05) is 0 Å². The molecule has 2 aromatic heterocycles. The molecule has 1 aliphatic heterocycles. The second kappa shape index (κ2) is 6.11. The van der Waals surface area contributed by atoms with Gasteiger partial charge < -0.3 is 16.2 Å². The number of nitrogens with zero attached hydrogens (tertiary/aromatic N) is 3. The van der Waals surface area contributed by atoms with E-state index >= 15 is 0 Å². The van der Waals surface area contributed by atoms with E-state index in [1.165, 1.54) is 23.0 Å². The van der Waals surface area contributed by atoms with Crippen molar-refractivity contribution in [2.75, 3.05) is 11.1 Å². The monoisotopic (exact) mass is 398 g/mol. The van der Waals surface area contributed by atoms with Gasteiger partial charge in [0.1, 0.15) is 35.5 Å². The summed E-state index contributed by atoms with van der Waals surface area (Å²) in [5, 5.41) is 16.2. The molecule has 11 heteroatoms. The summed E-state index contributed by atoms with van der Waals surface area (Å²) in [6.07, 6.45) is -0.790. The molecule has 3 heterocycles. The quantitative estimate of drug-likeness (QED) is 0.611. The molecule has 0 aromatic carbocycles. The lowest BCUT2D eigenvalue weighted by molar-refractivity contribution is -0.0734. The predicted octanol–water partition coefficient (Wildman–Crippen LogP) is 2.07. The average molecular weight is 399 g/mol. The molecular formula is C16H17ClF2N6O2. The number of anilines is 3. The highest BCUT2D eigenvalue weighted by atomic mass is 35.5. The van der Waals surface area contributed by atoms with Crippen LogP contribution in [0.4, 0.5) is 26.1 Å². The molecule has 1 atom stereocenters. The first-order valence-corrected chi connectivity index (χ1v) is 8.73. The lowest BCUT2D eigenvalue weighted by Crippen LogP contribution is -2.51. The van der Waals surface area contributed by atoms with Crippen LogP contribution in [0.5, 0.6) is 0 Å². The van der Waals surface area contributed by atoms with Crippen molar-refractivity contribution in [3.05, 3.63) is 39.5 Å². The summed E-state index contributed by atoms with van der Waals surface area (Å²) in [4.78, 5) is 20.9. The number of nitrogens with two attached hydrogens (primary N) is 1. The summed E-state index contributed by atoms with van der Waals surface area (Å²) < 4.78 is 28.6. The van der Waals surface area contributed by atoms with Crippen molar-refractivity contribution in [1.29, 1.82) is 0 Å². The minimum absolute atomic E-state index is 0.00972. The highest BCUT2D eigenvalue weighted by molar-refractivity contribution is 6.31. The van der Waals surface area contributed by atoms with Crippen LogP contribution in [0.2, 0.25) is 5.02 Å².